The standard InChI is InChI=1S/C13H14F2N2S/c1-2-9(16)6-13-17-12(7-18-13)10-5-8(14)3-4-11(10)15/h3-5,7,9H,2,6,16H2,1H3. The van der Waals surface area contributed by atoms with E-state index in [4.69, 9.17) is 5.73 Å². The van der Waals surface area contributed by atoms with Crippen LogP contribution in [0.4, 0.5) is 8.78 Å². The van der Waals surface area contributed by atoms with E-state index in [-0.39, 0.29) is 11.6 Å². The van der Waals surface area contributed by atoms with Crippen LogP contribution in [-0.2, 0) is 6.42 Å². The SMILES string of the molecule is CCC(N)Cc1nc(-c2cc(F)ccc2F)cs1. The van der Waals surface area contributed by atoms with Crippen molar-refractivity contribution in [3.8, 4) is 11.3 Å². The van der Waals surface area contributed by atoms with Crippen LogP contribution in [-0.4, -0.2) is 11.0 Å². The van der Waals surface area contributed by atoms with Crippen LogP contribution in [0, 0.1) is 11.6 Å². The van der Waals surface area contributed by atoms with Gasteiger partial charge in [0.15, 0.2) is 0 Å². The van der Waals surface area contributed by atoms with Gasteiger partial charge < -0.3 is 5.73 Å². The van der Waals surface area contributed by atoms with E-state index in [1.54, 1.807) is 5.38 Å². The summed E-state index contributed by atoms with van der Waals surface area (Å²) in [6, 6.07) is 3.43. The molecule has 0 aliphatic heterocycles. The average Bonchev–Trinajstić information content (AvgIpc) is 2.80. The molecule has 0 spiro atoms. The normalized spacial score (nSPS) is 12.7. The Hall–Kier alpha value is -1.33. The Bertz CT molecular complexity index is 540. The Labute approximate surface area is 108 Å². The molecule has 0 saturated heterocycles. The Morgan fingerprint density at radius 3 is 2.89 bits per heavy atom. The zero-order valence-electron chi connectivity index (χ0n) is 9.99. The summed E-state index contributed by atoms with van der Waals surface area (Å²) in [5.74, 6) is -0.931. The van der Waals surface area contributed by atoms with Gasteiger partial charge >= 0.3 is 0 Å². The summed E-state index contributed by atoms with van der Waals surface area (Å²) in [6.07, 6.45) is 1.53. The van der Waals surface area contributed by atoms with E-state index in [0.29, 0.717) is 12.1 Å². The van der Waals surface area contributed by atoms with E-state index < -0.39 is 11.6 Å². The first kappa shape index (κ1) is 13.1. The largest absolute Gasteiger partial charge is 0.327 e. The van der Waals surface area contributed by atoms with Gasteiger partial charge in [-0.1, -0.05) is 6.92 Å². The van der Waals surface area contributed by atoms with Gasteiger partial charge in [0.1, 0.15) is 11.6 Å². The van der Waals surface area contributed by atoms with Crippen LogP contribution in [0.15, 0.2) is 23.6 Å². The van der Waals surface area contributed by atoms with Crippen LogP contribution in [0.25, 0.3) is 11.3 Å². The van der Waals surface area contributed by atoms with E-state index in [9.17, 15) is 8.78 Å². The Morgan fingerprint density at radius 1 is 1.39 bits per heavy atom. The lowest BCUT2D eigenvalue weighted by atomic mass is 10.1. The first-order valence-corrected chi connectivity index (χ1v) is 6.63. The second-order valence-corrected chi connectivity index (χ2v) is 5.07. The highest BCUT2D eigenvalue weighted by Gasteiger charge is 2.12. The maximum absolute atomic E-state index is 13.6. The lowest BCUT2D eigenvalue weighted by Crippen LogP contribution is -2.21. The lowest BCUT2D eigenvalue weighted by molar-refractivity contribution is 0.602. The third-order valence-electron chi connectivity index (χ3n) is 2.72. The van der Waals surface area contributed by atoms with Crippen molar-refractivity contribution < 1.29 is 8.78 Å². The monoisotopic (exact) mass is 268 g/mol. The van der Waals surface area contributed by atoms with Crippen molar-refractivity contribution in [2.24, 2.45) is 5.73 Å². The van der Waals surface area contributed by atoms with Gasteiger partial charge in [0.05, 0.1) is 10.7 Å². The quantitative estimate of drug-likeness (QED) is 0.923. The van der Waals surface area contributed by atoms with E-state index in [1.165, 1.54) is 11.3 Å². The molecular formula is C13H14F2N2S. The molecular weight excluding hydrogens is 254 g/mol. The number of nitrogens with two attached hydrogens (primary N) is 1. The summed E-state index contributed by atoms with van der Waals surface area (Å²) in [7, 11) is 0. The zero-order chi connectivity index (χ0) is 13.1. The van der Waals surface area contributed by atoms with Crippen molar-refractivity contribution in [1.82, 2.24) is 4.98 Å². The maximum Gasteiger partial charge on any atom is 0.132 e. The third kappa shape index (κ3) is 2.91. The Kier molecular flexibility index (Phi) is 4.04. The summed E-state index contributed by atoms with van der Waals surface area (Å²) in [6.45, 7) is 2.01. The molecule has 2 aromatic rings. The van der Waals surface area contributed by atoms with Gasteiger partial charge in [0.2, 0.25) is 0 Å². The van der Waals surface area contributed by atoms with Crippen molar-refractivity contribution >= 4 is 11.3 Å². The second-order valence-electron chi connectivity index (χ2n) is 4.12. The molecule has 2 nitrogen and oxygen atoms in total. The fourth-order valence-electron chi connectivity index (χ4n) is 1.59. The third-order valence-corrected chi connectivity index (χ3v) is 3.59. The lowest BCUT2D eigenvalue weighted by Gasteiger charge is -2.04. The summed E-state index contributed by atoms with van der Waals surface area (Å²) < 4.78 is 26.7. The molecule has 1 atom stereocenters. The van der Waals surface area contributed by atoms with E-state index >= 15 is 0 Å². The second kappa shape index (κ2) is 5.54. The topological polar surface area (TPSA) is 38.9 Å². The van der Waals surface area contributed by atoms with Gasteiger partial charge in [-0.15, -0.1) is 11.3 Å². The van der Waals surface area contributed by atoms with E-state index in [1.807, 2.05) is 6.92 Å². The number of aromatic nitrogens is 1. The number of nitrogens with zero attached hydrogens (tertiary/aromatic N) is 1. The van der Waals surface area contributed by atoms with E-state index in [0.717, 1.165) is 29.6 Å². The Morgan fingerprint density at radius 2 is 2.17 bits per heavy atom. The molecule has 1 aromatic carbocycles. The van der Waals surface area contributed by atoms with Gasteiger partial charge in [0, 0.05) is 23.4 Å². The van der Waals surface area contributed by atoms with Gasteiger partial charge in [0.25, 0.3) is 0 Å². The molecule has 96 valence electrons. The van der Waals surface area contributed by atoms with Crippen LogP contribution in [0.2, 0.25) is 0 Å². The van der Waals surface area contributed by atoms with Gasteiger partial charge in [-0.2, -0.15) is 0 Å². The predicted molar refractivity (Wildman–Crippen MR) is 69.4 cm³/mol. The summed E-state index contributed by atoms with van der Waals surface area (Å²) in [5, 5.41) is 2.58. The molecule has 0 bridgehead atoms. The van der Waals surface area contributed by atoms with Crippen LogP contribution in [0.5, 0.6) is 0 Å². The van der Waals surface area contributed by atoms with E-state index in [2.05, 4.69) is 4.98 Å². The van der Waals surface area contributed by atoms with Crippen LogP contribution >= 0.6 is 11.3 Å². The van der Waals surface area contributed by atoms with Gasteiger partial charge in [-0.05, 0) is 24.6 Å². The molecule has 0 fully saturated rings. The zero-order valence-corrected chi connectivity index (χ0v) is 10.8. The minimum absolute atomic E-state index is 0.0568. The van der Waals surface area contributed by atoms with Crippen LogP contribution < -0.4 is 5.73 Å². The molecule has 0 saturated carbocycles. The molecule has 0 radical (unpaired) electrons. The fraction of sp³-hybridized carbons (Fsp3) is 0.308. The minimum atomic E-state index is -0.466. The number of hydrogen-bond donors (Lipinski definition) is 1. The number of benzene rings is 1. The van der Waals surface area contributed by atoms with Crippen molar-refractivity contribution in [3.63, 3.8) is 0 Å². The minimum Gasteiger partial charge on any atom is -0.327 e. The summed E-state index contributed by atoms with van der Waals surface area (Å²) in [5.41, 5.74) is 6.50. The average molecular weight is 268 g/mol. The number of rotatable bonds is 4. The fourth-order valence-corrected chi connectivity index (χ4v) is 2.48. The van der Waals surface area contributed by atoms with Crippen molar-refractivity contribution in [1.29, 1.82) is 0 Å². The molecule has 1 aromatic heterocycles. The van der Waals surface area contributed by atoms with Crippen LogP contribution in [0.3, 0.4) is 0 Å². The molecule has 1 heterocycles. The van der Waals surface area contributed by atoms with Crippen LogP contribution in [0.1, 0.15) is 18.4 Å². The van der Waals surface area contributed by atoms with Crippen molar-refractivity contribution in [2.45, 2.75) is 25.8 Å². The molecule has 0 aliphatic rings. The first-order valence-electron chi connectivity index (χ1n) is 5.75. The highest BCUT2D eigenvalue weighted by atomic mass is 32.1. The summed E-state index contributed by atoms with van der Waals surface area (Å²) >= 11 is 1.42. The number of halogens is 2. The molecule has 5 heteroatoms. The molecule has 1 unspecified atom stereocenters. The maximum atomic E-state index is 13.6. The number of thiazole rings is 1. The molecule has 0 amide bonds. The molecule has 2 rings (SSSR count). The smallest absolute Gasteiger partial charge is 0.132 e. The molecule has 2 N–H and O–H groups in total. The predicted octanol–water partition coefficient (Wildman–Crippen LogP) is 3.37. The van der Waals surface area contributed by atoms with Gasteiger partial charge in [-0.3, -0.25) is 0 Å². The summed E-state index contributed by atoms with van der Waals surface area (Å²) in [4.78, 5) is 4.30. The highest BCUT2D eigenvalue weighted by Crippen LogP contribution is 2.25. The molecule has 18 heavy (non-hydrogen) atoms. The van der Waals surface area contributed by atoms with Gasteiger partial charge in [-0.25, -0.2) is 13.8 Å². The van der Waals surface area contributed by atoms with Crippen molar-refractivity contribution in [2.75, 3.05) is 0 Å². The Balaban J connectivity index is 2.26. The molecule has 0 aliphatic carbocycles. The first-order chi connectivity index (χ1) is 8.60. The highest BCUT2D eigenvalue weighted by molar-refractivity contribution is 7.09. The number of hydrogen-bond acceptors (Lipinski definition) is 3. The van der Waals surface area contributed by atoms with Crippen molar-refractivity contribution in [3.05, 3.63) is 40.2 Å².